The number of aromatic nitrogens is 6. The lowest BCUT2D eigenvalue weighted by molar-refractivity contribution is 0.608. The molecule has 25 heavy (non-hydrogen) atoms. The molecule has 4 aromatic rings. The first-order chi connectivity index (χ1) is 12.2. The summed E-state index contributed by atoms with van der Waals surface area (Å²) >= 11 is 3.14. The van der Waals surface area contributed by atoms with Gasteiger partial charge in [0, 0.05) is 22.9 Å². The highest BCUT2D eigenvalue weighted by molar-refractivity contribution is 7.98. The number of nitrogens with zero attached hydrogens (tertiary/aromatic N) is 6. The zero-order valence-corrected chi connectivity index (χ0v) is 15.0. The third-order valence-electron chi connectivity index (χ3n) is 3.61. The van der Waals surface area contributed by atoms with Crippen LogP contribution >= 0.6 is 23.1 Å². The van der Waals surface area contributed by atoms with E-state index in [4.69, 9.17) is 0 Å². The van der Waals surface area contributed by atoms with Gasteiger partial charge in [-0.1, -0.05) is 17.8 Å². The lowest BCUT2D eigenvalue weighted by Gasteiger charge is -2.05. The van der Waals surface area contributed by atoms with Crippen LogP contribution in [0.1, 0.15) is 16.1 Å². The monoisotopic (exact) mass is 370 g/mol. The summed E-state index contributed by atoms with van der Waals surface area (Å²) in [6.07, 6.45) is 1.75. The maximum atomic E-state index is 12.2. The molecule has 0 fully saturated rings. The van der Waals surface area contributed by atoms with Gasteiger partial charge in [0.15, 0.2) is 0 Å². The zero-order chi connectivity index (χ0) is 17.2. The number of thiophene rings is 1. The summed E-state index contributed by atoms with van der Waals surface area (Å²) in [5.41, 5.74) is 2.35. The fraction of sp³-hybridized carbons (Fsp3) is 0.188. The summed E-state index contributed by atoms with van der Waals surface area (Å²) < 4.78 is 3.30. The van der Waals surface area contributed by atoms with Gasteiger partial charge >= 0.3 is 0 Å². The highest BCUT2D eigenvalue weighted by Crippen LogP contribution is 2.20. The van der Waals surface area contributed by atoms with Crippen LogP contribution in [0.15, 0.2) is 51.9 Å². The molecule has 0 radical (unpaired) electrons. The van der Waals surface area contributed by atoms with E-state index in [1.807, 2.05) is 30.5 Å². The molecule has 4 aromatic heterocycles. The van der Waals surface area contributed by atoms with Crippen LogP contribution in [0.2, 0.25) is 0 Å². The highest BCUT2D eigenvalue weighted by Gasteiger charge is 2.10. The second kappa shape index (κ2) is 6.77. The molecule has 9 heteroatoms. The lowest BCUT2D eigenvalue weighted by atomic mass is 10.3. The first-order valence-electron chi connectivity index (χ1n) is 7.59. The minimum Gasteiger partial charge on any atom is -0.269 e. The Labute approximate surface area is 151 Å². The molecule has 4 heterocycles. The van der Waals surface area contributed by atoms with E-state index in [-0.39, 0.29) is 5.56 Å². The molecule has 0 aliphatic heterocycles. The van der Waals surface area contributed by atoms with E-state index in [1.165, 1.54) is 16.6 Å². The van der Waals surface area contributed by atoms with Gasteiger partial charge in [-0.05, 0) is 46.5 Å². The third kappa shape index (κ3) is 3.47. The van der Waals surface area contributed by atoms with Gasteiger partial charge in [0.2, 0.25) is 5.16 Å². The first-order valence-corrected chi connectivity index (χ1v) is 9.46. The van der Waals surface area contributed by atoms with Crippen LogP contribution in [-0.4, -0.2) is 29.6 Å². The molecule has 0 saturated heterocycles. The standard InChI is InChI=1S/C16H14N6OS2/c1-11-4-5-21-14(7-11)17-12(8-15(21)23)10-25-16-18-19-20-22(16)9-13-3-2-6-24-13/h2-8H,9-10H2,1H3. The van der Waals surface area contributed by atoms with E-state index >= 15 is 0 Å². The predicted octanol–water partition coefficient (Wildman–Crippen LogP) is 2.39. The van der Waals surface area contributed by atoms with Crippen molar-refractivity contribution in [2.24, 2.45) is 0 Å². The van der Waals surface area contributed by atoms with Crippen molar-refractivity contribution in [2.75, 3.05) is 0 Å². The van der Waals surface area contributed by atoms with E-state index in [0.29, 0.717) is 28.8 Å². The normalized spacial score (nSPS) is 11.2. The maximum absolute atomic E-state index is 12.2. The van der Waals surface area contributed by atoms with Crippen LogP contribution in [-0.2, 0) is 12.3 Å². The van der Waals surface area contributed by atoms with Crippen LogP contribution in [0, 0.1) is 6.92 Å². The Hall–Kier alpha value is -2.52. The highest BCUT2D eigenvalue weighted by atomic mass is 32.2. The Bertz CT molecular complexity index is 1070. The Morgan fingerprint density at radius 2 is 2.20 bits per heavy atom. The second-order valence-electron chi connectivity index (χ2n) is 5.51. The van der Waals surface area contributed by atoms with Crippen molar-refractivity contribution < 1.29 is 0 Å². The molecular formula is C16H14N6OS2. The summed E-state index contributed by atoms with van der Waals surface area (Å²) in [4.78, 5) is 18.0. The molecule has 126 valence electrons. The maximum Gasteiger partial charge on any atom is 0.258 e. The molecule has 0 bridgehead atoms. The first kappa shape index (κ1) is 16.0. The number of tetrazole rings is 1. The SMILES string of the molecule is Cc1ccn2c(=O)cc(CSc3nnnn3Cc3cccs3)nc2c1. The van der Waals surface area contributed by atoms with Crippen molar-refractivity contribution in [3.05, 3.63) is 68.4 Å². The van der Waals surface area contributed by atoms with E-state index < -0.39 is 0 Å². The smallest absolute Gasteiger partial charge is 0.258 e. The number of fused-ring (bicyclic) bond motifs is 1. The Balaban J connectivity index is 1.55. The molecule has 0 unspecified atom stereocenters. The van der Waals surface area contributed by atoms with Gasteiger partial charge in [0.25, 0.3) is 5.56 Å². The number of rotatable bonds is 5. The summed E-state index contributed by atoms with van der Waals surface area (Å²) in [7, 11) is 0. The molecule has 0 aromatic carbocycles. The third-order valence-corrected chi connectivity index (χ3v) is 5.46. The molecular weight excluding hydrogens is 356 g/mol. The van der Waals surface area contributed by atoms with Gasteiger partial charge in [-0.3, -0.25) is 9.20 Å². The topological polar surface area (TPSA) is 78.0 Å². The molecule has 0 atom stereocenters. The fourth-order valence-electron chi connectivity index (χ4n) is 2.42. The van der Waals surface area contributed by atoms with Gasteiger partial charge in [-0.2, -0.15) is 0 Å². The predicted molar refractivity (Wildman–Crippen MR) is 97.0 cm³/mol. The van der Waals surface area contributed by atoms with Crippen LogP contribution in [0.4, 0.5) is 0 Å². The van der Waals surface area contributed by atoms with Crippen LogP contribution in [0.25, 0.3) is 5.65 Å². The summed E-state index contributed by atoms with van der Waals surface area (Å²) in [6.45, 7) is 2.62. The van der Waals surface area contributed by atoms with E-state index in [2.05, 4.69) is 26.6 Å². The van der Waals surface area contributed by atoms with Gasteiger partial charge < -0.3 is 0 Å². The Morgan fingerprint density at radius 1 is 1.28 bits per heavy atom. The second-order valence-corrected chi connectivity index (χ2v) is 7.48. The van der Waals surface area contributed by atoms with Crippen molar-refractivity contribution in [3.8, 4) is 0 Å². The van der Waals surface area contributed by atoms with Gasteiger partial charge in [0.05, 0.1) is 12.2 Å². The molecule has 7 nitrogen and oxygen atoms in total. The van der Waals surface area contributed by atoms with Crippen molar-refractivity contribution in [2.45, 2.75) is 24.4 Å². The van der Waals surface area contributed by atoms with Crippen LogP contribution < -0.4 is 5.56 Å². The Kier molecular flexibility index (Phi) is 4.33. The molecule has 0 aliphatic carbocycles. The van der Waals surface area contributed by atoms with Gasteiger partial charge in [0.1, 0.15) is 5.65 Å². The number of aryl methyl sites for hydroxylation is 1. The molecule has 0 saturated carbocycles. The minimum absolute atomic E-state index is 0.0845. The summed E-state index contributed by atoms with van der Waals surface area (Å²) in [6, 6.07) is 9.41. The summed E-state index contributed by atoms with van der Waals surface area (Å²) in [5.74, 6) is 0.532. The quantitative estimate of drug-likeness (QED) is 0.502. The van der Waals surface area contributed by atoms with E-state index in [0.717, 1.165) is 5.56 Å². The summed E-state index contributed by atoms with van der Waals surface area (Å²) in [5, 5.41) is 14.6. The fourth-order valence-corrected chi connectivity index (χ4v) is 3.87. The lowest BCUT2D eigenvalue weighted by Crippen LogP contribution is -2.15. The molecule has 0 aliphatic rings. The van der Waals surface area contributed by atoms with E-state index in [1.54, 1.807) is 32.7 Å². The van der Waals surface area contributed by atoms with Crippen molar-refractivity contribution in [1.29, 1.82) is 0 Å². The minimum atomic E-state index is -0.0845. The number of pyridine rings is 1. The zero-order valence-electron chi connectivity index (χ0n) is 13.4. The number of hydrogen-bond donors (Lipinski definition) is 0. The average Bonchev–Trinajstić information content (AvgIpc) is 3.25. The van der Waals surface area contributed by atoms with Crippen LogP contribution in [0.3, 0.4) is 0 Å². The van der Waals surface area contributed by atoms with Gasteiger partial charge in [-0.15, -0.1) is 16.4 Å². The number of thioether (sulfide) groups is 1. The molecule has 0 N–H and O–H groups in total. The average molecular weight is 370 g/mol. The van der Waals surface area contributed by atoms with E-state index in [9.17, 15) is 4.79 Å². The Morgan fingerprint density at radius 3 is 3.04 bits per heavy atom. The number of hydrogen-bond acceptors (Lipinski definition) is 7. The van der Waals surface area contributed by atoms with Crippen molar-refractivity contribution in [1.82, 2.24) is 29.6 Å². The molecule has 0 amide bonds. The van der Waals surface area contributed by atoms with Gasteiger partial charge in [-0.25, -0.2) is 9.67 Å². The molecule has 4 rings (SSSR count). The van der Waals surface area contributed by atoms with Crippen molar-refractivity contribution in [3.63, 3.8) is 0 Å². The molecule has 0 spiro atoms. The largest absolute Gasteiger partial charge is 0.269 e. The van der Waals surface area contributed by atoms with Crippen molar-refractivity contribution >= 4 is 28.7 Å². The van der Waals surface area contributed by atoms with Crippen LogP contribution in [0.5, 0.6) is 0 Å².